The van der Waals surface area contributed by atoms with E-state index in [1.54, 1.807) is 25.8 Å². The number of hydrogen-bond donors (Lipinski definition) is 0. The van der Waals surface area contributed by atoms with Gasteiger partial charge in [-0.25, -0.2) is 14.3 Å². The molecule has 0 saturated carbocycles. The zero-order valence-corrected chi connectivity index (χ0v) is 13.6. The second-order valence-electron chi connectivity index (χ2n) is 5.30. The molecule has 7 nitrogen and oxygen atoms in total. The first-order chi connectivity index (χ1) is 11.5. The number of terminal acetylenes is 1. The van der Waals surface area contributed by atoms with Crippen LogP contribution in [-0.4, -0.2) is 25.8 Å². The molecule has 0 N–H and O–H groups in total. The van der Waals surface area contributed by atoms with Gasteiger partial charge in [0.05, 0.1) is 19.2 Å². The Hall–Kier alpha value is -3.27. The number of benzene rings is 1. The van der Waals surface area contributed by atoms with Crippen molar-refractivity contribution in [3.8, 4) is 29.5 Å². The smallest absolute Gasteiger partial charge is 0.333 e. The maximum Gasteiger partial charge on any atom is 0.333 e. The number of hydrogen-bond acceptors (Lipinski definition) is 4. The summed E-state index contributed by atoms with van der Waals surface area (Å²) in [6.45, 7) is -0.0867. The van der Waals surface area contributed by atoms with E-state index in [0.717, 1.165) is 10.1 Å². The summed E-state index contributed by atoms with van der Waals surface area (Å²) in [5, 5.41) is 0. The quantitative estimate of drug-likeness (QED) is 0.666. The molecule has 0 unspecified atom stereocenters. The molecule has 0 amide bonds. The predicted molar refractivity (Wildman–Crippen MR) is 91.0 cm³/mol. The third-order valence-corrected chi connectivity index (χ3v) is 3.96. The van der Waals surface area contributed by atoms with Gasteiger partial charge in [-0.15, -0.1) is 6.42 Å². The van der Waals surface area contributed by atoms with Crippen LogP contribution in [0.3, 0.4) is 0 Å². The number of methoxy groups -OCH3 is 1. The van der Waals surface area contributed by atoms with Crippen LogP contribution in [0.15, 0.2) is 33.9 Å². The van der Waals surface area contributed by atoms with Gasteiger partial charge in [-0.1, -0.05) is 18.1 Å². The Morgan fingerprint density at radius 1 is 1.21 bits per heavy atom. The lowest BCUT2D eigenvalue weighted by molar-refractivity contribution is 0.416. The van der Waals surface area contributed by atoms with Crippen LogP contribution in [0, 0.1) is 12.3 Å². The van der Waals surface area contributed by atoms with E-state index < -0.39 is 11.2 Å². The molecule has 0 aliphatic heterocycles. The van der Waals surface area contributed by atoms with E-state index in [1.165, 1.54) is 4.57 Å². The molecule has 2 heterocycles. The molecule has 122 valence electrons. The second-order valence-corrected chi connectivity index (χ2v) is 5.30. The second kappa shape index (κ2) is 5.74. The summed E-state index contributed by atoms with van der Waals surface area (Å²) in [4.78, 5) is 29.5. The van der Waals surface area contributed by atoms with Crippen LogP contribution in [0.5, 0.6) is 5.75 Å². The van der Waals surface area contributed by atoms with Crippen molar-refractivity contribution >= 4 is 11.2 Å². The Morgan fingerprint density at radius 3 is 2.58 bits per heavy atom. The molecule has 3 aromatic rings. The van der Waals surface area contributed by atoms with Gasteiger partial charge in [0.1, 0.15) is 11.6 Å². The van der Waals surface area contributed by atoms with E-state index >= 15 is 0 Å². The standard InChI is InChI=1S/C17H16N4O3/c1-5-10-21-16(22)13-15(20(3)17(21)23)18-14(19(13)2)11-8-6-7-9-12(11)24-4/h1,6-9H,10H2,2-4H3. The fourth-order valence-corrected chi connectivity index (χ4v) is 2.74. The van der Waals surface area contributed by atoms with Crippen LogP contribution in [-0.2, 0) is 20.6 Å². The molecule has 7 heteroatoms. The zero-order valence-electron chi connectivity index (χ0n) is 13.6. The Labute approximate surface area is 137 Å². The number of para-hydroxylation sites is 1. The van der Waals surface area contributed by atoms with Crippen LogP contribution in [0.4, 0.5) is 0 Å². The van der Waals surface area contributed by atoms with Gasteiger partial charge in [0.15, 0.2) is 11.2 Å². The highest BCUT2D eigenvalue weighted by molar-refractivity contribution is 5.78. The van der Waals surface area contributed by atoms with Gasteiger partial charge in [0.2, 0.25) is 0 Å². The van der Waals surface area contributed by atoms with Gasteiger partial charge in [-0.2, -0.15) is 0 Å². The molecule has 0 atom stereocenters. The first-order valence-electron chi connectivity index (χ1n) is 7.24. The van der Waals surface area contributed by atoms with Crippen molar-refractivity contribution in [2.24, 2.45) is 14.1 Å². The molecule has 2 aromatic heterocycles. The largest absolute Gasteiger partial charge is 0.496 e. The van der Waals surface area contributed by atoms with Crippen molar-refractivity contribution in [2.75, 3.05) is 7.11 Å². The average molecular weight is 324 g/mol. The highest BCUT2D eigenvalue weighted by atomic mass is 16.5. The number of rotatable bonds is 3. The van der Waals surface area contributed by atoms with Gasteiger partial charge < -0.3 is 9.30 Å². The number of aryl methyl sites for hydroxylation is 2. The molecule has 0 fully saturated rings. The SMILES string of the molecule is C#CCn1c(=O)c2c(nc(-c3ccccc3OC)n2C)n(C)c1=O. The van der Waals surface area contributed by atoms with E-state index in [-0.39, 0.29) is 6.54 Å². The number of ether oxygens (including phenoxy) is 1. The van der Waals surface area contributed by atoms with Crippen LogP contribution in [0.1, 0.15) is 0 Å². The molecule has 0 spiro atoms. The Balaban J connectivity index is 2.43. The van der Waals surface area contributed by atoms with Crippen LogP contribution < -0.4 is 16.0 Å². The van der Waals surface area contributed by atoms with E-state index in [1.807, 2.05) is 24.3 Å². The summed E-state index contributed by atoms with van der Waals surface area (Å²) in [7, 11) is 4.86. The van der Waals surface area contributed by atoms with Crippen molar-refractivity contribution in [3.05, 3.63) is 45.1 Å². The summed E-state index contributed by atoms with van der Waals surface area (Å²) >= 11 is 0. The molecule has 0 saturated heterocycles. The Morgan fingerprint density at radius 2 is 1.92 bits per heavy atom. The van der Waals surface area contributed by atoms with Crippen molar-refractivity contribution in [3.63, 3.8) is 0 Å². The molecule has 1 aromatic carbocycles. The van der Waals surface area contributed by atoms with E-state index in [9.17, 15) is 9.59 Å². The summed E-state index contributed by atoms with van der Waals surface area (Å²) in [6.07, 6.45) is 5.27. The number of fused-ring (bicyclic) bond motifs is 1. The van der Waals surface area contributed by atoms with Crippen LogP contribution in [0.2, 0.25) is 0 Å². The van der Waals surface area contributed by atoms with E-state index in [2.05, 4.69) is 10.9 Å². The monoisotopic (exact) mass is 324 g/mol. The van der Waals surface area contributed by atoms with Crippen LogP contribution >= 0.6 is 0 Å². The summed E-state index contributed by atoms with van der Waals surface area (Å²) in [5.74, 6) is 3.50. The van der Waals surface area contributed by atoms with Crippen molar-refractivity contribution in [1.82, 2.24) is 18.7 Å². The van der Waals surface area contributed by atoms with Gasteiger partial charge in [0.25, 0.3) is 5.56 Å². The summed E-state index contributed by atoms with van der Waals surface area (Å²) in [5.41, 5.74) is 0.404. The lowest BCUT2D eigenvalue weighted by Crippen LogP contribution is -2.39. The average Bonchev–Trinajstić information content (AvgIpc) is 2.94. The maximum absolute atomic E-state index is 12.7. The molecule has 0 radical (unpaired) electrons. The highest BCUT2D eigenvalue weighted by Gasteiger charge is 2.20. The normalized spacial score (nSPS) is 10.8. The molecule has 3 rings (SSSR count). The minimum Gasteiger partial charge on any atom is -0.496 e. The molecule has 0 bridgehead atoms. The fourth-order valence-electron chi connectivity index (χ4n) is 2.74. The van der Waals surface area contributed by atoms with Gasteiger partial charge in [-0.05, 0) is 12.1 Å². The number of nitrogens with zero attached hydrogens (tertiary/aromatic N) is 4. The van der Waals surface area contributed by atoms with E-state index in [0.29, 0.717) is 22.7 Å². The minimum absolute atomic E-state index is 0.0867. The number of aromatic nitrogens is 4. The molecule has 0 aliphatic rings. The Bertz CT molecular complexity index is 1100. The summed E-state index contributed by atoms with van der Waals surface area (Å²) < 4.78 is 9.37. The molecular weight excluding hydrogens is 308 g/mol. The third kappa shape index (κ3) is 2.12. The molecule has 24 heavy (non-hydrogen) atoms. The summed E-state index contributed by atoms with van der Waals surface area (Å²) in [6, 6.07) is 7.36. The number of imidazole rings is 1. The van der Waals surface area contributed by atoms with Crippen molar-refractivity contribution in [1.29, 1.82) is 0 Å². The van der Waals surface area contributed by atoms with Crippen molar-refractivity contribution in [2.45, 2.75) is 6.54 Å². The van der Waals surface area contributed by atoms with Gasteiger partial charge >= 0.3 is 5.69 Å². The fraction of sp³-hybridized carbons (Fsp3) is 0.235. The first-order valence-corrected chi connectivity index (χ1v) is 7.24. The minimum atomic E-state index is -0.491. The third-order valence-electron chi connectivity index (χ3n) is 3.96. The lowest BCUT2D eigenvalue weighted by Gasteiger charge is -2.08. The Kier molecular flexibility index (Phi) is 3.73. The van der Waals surface area contributed by atoms with E-state index in [4.69, 9.17) is 11.2 Å². The van der Waals surface area contributed by atoms with Crippen LogP contribution in [0.25, 0.3) is 22.6 Å². The predicted octanol–water partition coefficient (Wildman–Crippen LogP) is 0.742. The molecule has 0 aliphatic carbocycles. The highest BCUT2D eigenvalue weighted by Crippen LogP contribution is 2.29. The van der Waals surface area contributed by atoms with Gasteiger partial charge in [0, 0.05) is 14.1 Å². The zero-order chi connectivity index (χ0) is 17.4. The topological polar surface area (TPSA) is 71.1 Å². The first kappa shape index (κ1) is 15.6. The molecular formula is C17H16N4O3. The van der Waals surface area contributed by atoms with Crippen molar-refractivity contribution < 1.29 is 4.74 Å². The lowest BCUT2D eigenvalue weighted by atomic mass is 10.2. The maximum atomic E-state index is 12.7. The van der Waals surface area contributed by atoms with Gasteiger partial charge in [-0.3, -0.25) is 9.36 Å².